The molecule has 2 aliphatic rings. The zero-order valence-electron chi connectivity index (χ0n) is 17.8. The molecule has 7 nitrogen and oxygen atoms in total. The molecule has 0 aliphatic carbocycles. The van der Waals surface area contributed by atoms with E-state index >= 15 is 0 Å². The van der Waals surface area contributed by atoms with Gasteiger partial charge in [0, 0.05) is 30.7 Å². The maximum Gasteiger partial charge on any atom is 0.254 e. The van der Waals surface area contributed by atoms with Crippen molar-refractivity contribution in [2.45, 2.75) is 69.4 Å². The standard InChI is InChI=1S/C21H32N2O5S2/c1-3-4-12-22(19-11-14-29(25,26)16-19)21(24)18-9-7-10-20(15-18)30(27,28)23-13-6-5-8-17(23)2/h7,9-10,15,17,19H,3-6,8,11-14,16H2,1-2H3. The topological polar surface area (TPSA) is 91.8 Å². The van der Waals surface area contributed by atoms with Gasteiger partial charge >= 0.3 is 0 Å². The van der Waals surface area contributed by atoms with Crippen LogP contribution in [0.15, 0.2) is 29.2 Å². The number of benzene rings is 1. The fraction of sp³-hybridized carbons (Fsp3) is 0.667. The largest absolute Gasteiger partial charge is 0.335 e. The minimum atomic E-state index is -3.68. The first kappa shape index (κ1) is 23.2. The fourth-order valence-corrected chi connectivity index (χ4v) is 7.80. The Bertz CT molecular complexity index is 975. The van der Waals surface area contributed by atoms with Crippen molar-refractivity contribution in [1.29, 1.82) is 0 Å². The van der Waals surface area contributed by atoms with E-state index in [-0.39, 0.29) is 34.4 Å². The molecule has 168 valence electrons. The van der Waals surface area contributed by atoms with E-state index in [0.29, 0.717) is 25.1 Å². The van der Waals surface area contributed by atoms with Crippen LogP contribution in [0, 0.1) is 0 Å². The van der Waals surface area contributed by atoms with E-state index in [1.54, 1.807) is 17.0 Å². The Labute approximate surface area is 180 Å². The van der Waals surface area contributed by atoms with Crippen LogP contribution in [0.5, 0.6) is 0 Å². The zero-order chi connectivity index (χ0) is 21.9. The Kier molecular flexibility index (Phi) is 7.24. The lowest BCUT2D eigenvalue weighted by Crippen LogP contribution is -2.42. The Morgan fingerprint density at radius 2 is 2.00 bits per heavy atom. The molecule has 2 atom stereocenters. The van der Waals surface area contributed by atoms with Crippen molar-refractivity contribution >= 4 is 25.8 Å². The first-order valence-corrected chi connectivity index (χ1v) is 14.0. The van der Waals surface area contributed by atoms with E-state index < -0.39 is 19.9 Å². The van der Waals surface area contributed by atoms with Gasteiger partial charge in [-0.3, -0.25) is 4.79 Å². The molecule has 1 amide bonds. The fourth-order valence-electron chi connectivity index (χ4n) is 4.32. The van der Waals surface area contributed by atoms with Crippen LogP contribution in [-0.2, 0) is 19.9 Å². The molecule has 0 spiro atoms. The molecule has 2 saturated heterocycles. The molecule has 1 aromatic carbocycles. The van der Waals surface area contributed by atoms with Crippen LogP contribution in [-0.4, -0.2) is 68.6 Å². The molecule has 0 aromatic heterocycles. The minimum absolute atomic E-state index is 0.0221. The second-order valence-corrected chi connectivity index (χ2v) is 12.5. The number of sulfonamides is 1. The van der Waals surface area contributed by atoms with Crippen LogP contribution >= 0.6 is 0 Å². The van der Waals surface area contributed by atoms with E-state index in [1.165, 1.54) is 16.4 Å². The molecule has 2 fully saturated rings. The predicted molar refractivity (Wildman–Crippen MR) is 117 cm³/mol. The van der Waals surface area contributed by atoms with Gasteiger partial charge in [-0.05, 0) is 50.8 Å². The van der Waals surface area contributed by atoms with Crippen molar-refractivity contribution in [1.82, 2.24) is 9.21 Å². The highest BCUT2D eigenvalue weighted by Crippen LogP contribution is 2.27. The van der Waals surface area contributed by atoms with Crippen molar-refractivity contribution in [3.8, 4) is 0 Å². The third kappa shape index (κ3) is 5.06. The molecular weight excluding hydrogens is 424 g/mol. The van der Waals surface area contributed by atoms with E-state index in [0.717, 1.165) is 32.1 Å². The van der Waals surface area contributed by atoms with Crippen molar-refractivity contribution in [3.05, 3.63) is 29.8 Å². The number of hydrogen-bond acceptors (Lipinski definition) is 5. The van der Waals surface area contributed by atoms with Gasteiger partial charge in [-0.2, -0.15) is 4.31 Å². The summed E-state index contributed by atoms with van der Waals surface area (Å²) in [4.78, 5) is 15.0. The average molecular weight is 457 g/mol. The molecule has 0 N–H and O–H groups in total. The summed E-state index contributed by atoms with van der Waals surface area (Å²) in [6.45, 7) is 4.89. The Balaban J connectivity index is 1.88. The highest BCUT2D eigenvalue weighted by atomic mass is 32.2. The number of hydrogen-bond donors (Lipinski definition) is 0. The van der Waals surface area contributed by atoms with Gasteiger partial charge < -0.3 is 4.90 Å². The molecule has 2 aliphatic heterocycles. The van der Waals surface area contributed by atoms with Gasteiger partial charge in [0.15, 0.2) is 9.84 Å². The van der Waals surface area contributed by atoms with Gasteiger partial charge in [0.1, 0.15) is 0 Å². The predicted octanol–water partition coefficient (Wildman–Crippen LogP) is 2.68. The van der Waals surface area contributed by atoms with Crippen LogP contribution in [0.2, 0.25) is 0 Å². The molecule has 2 unspecified atom stereocenters. The molecule has 30 heavy (non-hydrogen) atoms. The van der Waals surface area contributed by atoms with Crippen molar-refractivity contribution in [2.75, 3.05) is 24.6 Å². The number of nitrogens with zero attached hydrogens (tertiary/aromatic N) is 2. The summed E-state index contributed by atoms with van der Waals surface area (Å²) in [5.41, 5.74) is 0.293. The number of carbonyl (C=O) groups excluding carboxylic acids is 1. The van der Waals surface area contributed by atoms with Crippen molar-refractivity contribution in [2.24, 2.45) is 0 Å². The molecule has 2 heterocycles. The lowest BCUT2D eigenvalue weighted by molar-refractivity contribution is 0.0694. The summed E-state index contributed by atoms with van der Waals surface area (Å²) in [6.07, 6.45) is 4.77. The molecular formula is C21H32N2O5S2. The average Bonchev–Trinajstić information content (AvgIpc) is 3.08. The Hall–Kier alpha value is -1.45. The van der Waals surface area contributed by atoms with Gasteiger partial charge in [-0.1, -0.05) is 25.8 Å². The lowest BCUT2D eigenvalue weighted by Gasteiger charge is -2.32. The first-order chi connectivity index (χ1) is 14.2. The minimum Gasteiger partial charge on any atom is -0.335 e. The number of amides is 1. The summed E-state index contributed by atoms with van der Waals surface area (Å²) in [5.74, 6) is -0.227. The van der Waals surface area contributed by atoms with E-state index in [9.17, 15) is 21.6 Å². The maximum atomic E-state index is 13.3. The number of carbonyl (C=O) groups is 1. The smallest absolute Gasteiger partial charge is 0.254 e. The highest BCUT2D eigenvalue weighted by molar-refractivity contribution is 7.91. The van der Waals surface area contributed by atoms with Crippen LogP contribution in [0.25, 0.3) is 0 Å². The van der Waals surface area contributed by atoms with Crippen molar-refractivity contribution < 1.29 is 21.6 Å². The number of unbranched alkanes of at least 4 members (excludes halogenated alkanes) is 1. The van der Waals surface area contributed by atoms with E-state index in [4.69, 9.17) is 0 Å². The first-order valence-electron chi connectivity index (χ1n) is 10.8. The molecule has 0 saturated carbocycles. The summed E-state index contributed by atoms with van der Waals surface area (Å²) in [6, 6.07) is 5.77. The molecule has 0 radical (unpaired) electrons. The Morgan fingerprint density at radius 1 is 1.23 bits per heavy atom. The molecule has 9 heteroatoms. The number of sulfone groups is 1. The van der Waals surface area contributed by atoms with Gasteiger partial charge in [0.05, 0.1) is 16.4 Å². The molecule has 3 rings (SSSR count). The van der Waals surface area contributed by atoms with Gasteiger partial charge in [0.2, 0.25) is 10.0 Å². The monoisotopic (exact) mass is 456 g/mol. The van der Waals surface area contributed by atoms with Crippen LogP contribution in [0.3, 0.4) is 0 Å². The molecule has 0 bridgehead atoms. The van der Waals surface area contributed by atoms with Crippen LogP contribution < -0.4 is 0 Å². The zero-order valence-corrected chi connectivity index (χ0v) is 19.4. The molecule has 1 aromatic rings. The third-order valence-corrected chi connectivity index (χ3v) is 9.85. The SMILES string of the molecule is CCCCN(C(=O)c1cccc(S(=O)(=O)N2CCCCC2C)c1)C1CCS(=O)(=O)C1. The number of piperidine rings is 1. The lowest BCUT2D eigenvalue weighted by atomic mass is 10.1. The maximum absolute atomic E-state index is 13.3. The second kappa shape index (κ2) is 9.36. The van der Waals surface area contributed by atoms with Crippen LogP contribution in [0.1, 0.15) is 62.7 Å². The van der Waals surface area contributed by atoms with Crippen molar-refractivity contribution in [3.63, 3.8) is 0 Å². The summed E-state index contributed by atoms with van der Waals surface area (Å²) in [7, 11) is -6.81. The van der Waals surface area contributed by atoms with Crippen LogP contribution in [0.4, 0.5) is 0 Å². The second-order valence-electron chi connectivity index (χ2n) is 8.40. The van der Waals surface area contributed by atoms with E-state index in [1.807, 2.05) is 13.8 Å². The van der Waals surface area contributed by atoms with E-state index in [2.05, 4.69) is 0 Å². The summed E-state index contributed by atoms with van der Waals surface area (Å²) < 4.78 is 51.8. The van der Waals surface area contributed by atoms with Gasteiger partial charge in [-0.25, -0.2) is 16.8 Å². The highest BCUT2D eigenvalue weighted by Gasteiger charge is 2.36. The normalized spacial score (nSPS) is 24.6. The van der Waals surface area contributed by atoms with Gasteiger partial charge in [-0.15, -0.1) is 0 Å². The summed E-state index contributed by atoms with van der Waals surface area (Å²) in [5, 5.41) is 0. The van der Waals surface area contributed by atoms with Gasteiger partial charge in [0.25, 0.3) is 5.91 Å². The number of rotatable bonds is 7. The summed E-state index contributed by atoms with van der Waals surface area (Å²) >= 11 is 0. The quantitative estimate of drug-likeness (QED) is 0.629. The Morgan fingerprint density at radius 3 is 2.63 bits per heavy atom. The third-order valence-electron chi connectivity index (χ3n) is 6.09.